The summed E-state index contributed by atoms with van der Waals surface area (Å²) in [4.78, 5) is 8.31. The van der Waals surface area contributed by atoms with Crippen molar-refractivity contribution in [3.63, 3.8) is 0 Å². The van der Waals surface area contributed by atoms with Crippen LogP contribution in [0.4, 0.5) is 0 Å². The lowest BCUT2D eigenvalue weighted by Gasteiger charge is -2.28. The summed E-state index contributed by atoms with van der Waals surface area (Å²) in [6.45, 7) is 1.89. The smallest absolute Gasteiger partial charge is 0.191 e. The van der Waals surface area contributed by atoms with Gasteiger partial charge in [0.05, 0.1) is 25.4 Å². The lowest BCUT2D eigenvalue weighted by atomic mass is 10.0. The third kappa shape index (κ3) is 5.48. The second-order valence-electron chi connectivity index (χ2n) is 5.41. The fourth-order valence-corrected chi connectivity index (χ4v) is 2.62. The van der Waals surface area contributed by atoms with Crippen LogP contribution >= 0.6 is 24.0 Å². The van der Waals surface area contributed by atoms with Crippen molar-refractivity contribution < 1.29 is 9.47 Å². The number of hydrogen-bond acceptors (Lipinski definition) is 4. The van der Waals surface area contributed by atoms with Gasteiger partial charge in [0.25, 0.3) is 0 Å². The molecule has 25 heavy (non-hydrogen) atoms. The Balaban J connectivity index is 0.00000225. The predicted molar refractivity (Wildman–Crippen MR) is 109 cm³/mol. The summed E-state index contributed by atoms with van der Waals surface area (Å²) in [6.07, 6.45) is 4.33. The fourth-order valence-electron chi connectivity index (χ4n) is 2.62. The van der Waals surface area contributed by atoms with Gasteiger partial charge in [0.2, 0.25) is 0 Å². The van der Waals surface area contributed by atoms with Crippen LogP contribution in [0.15, 0.2) is 53.8 Å². The summed E-state index contributed by atoms with van der Waals surface area (Å²) < 4.78 is 11.3. The molecule has 1 unspecified atom stereocenters. The Morgan fingerprint density at radius 1 is 1.32 bits per heavy atom. The number of fused-ring (bicyclic) bond motifs is 1. The molecule has 2 aromatic rings. The highest BCUT2D eigenvalue weighted by Crippen LogP contribution is 2.31. The van der Waals surface area contributed by atoms with Crippen molar-refractivity contribution in [1.82, 2.24) is 15.6 Å². The number of rotatable bonds is 5. The summed E-state index contributed by atoms with van der Waals surface area (Å²) >= 11 is 0. The van der Waals surface area contributed by atoms with E-state index in [1.165, 1.54) is 5.56 Å². The van der Waals surface area contributed by atoms with Gasteiger partial charge in [0, 0.05) is 25.2 Å². The molecule has 0 saturated carbocycles. The van der Waals surface area contributed by atoms with Gasteiger partial charge < -0.3 is 20.1 Å². The number of guanidine groups is 1. The lowest BCUT2D eigenvalue weighted by Crippen LogP contribution is -2.42. The number of para-hydroxylation sites is 1. The van der Waals surface area contributed by atoms with Crippen molar-refractivity contribution >= 4 is 29.9 Å². The highest BCUT2D eigenvalue weighted by molar-refractivity contribution is 14.0. The van der Waals surface area contributed by atoms with Crippen molar-refractivity contribution in [1.29, 1.82) is 0 Å². The molecule has 2 N–H and O–H groups in total. The Labute approximate surface area is 165 Å². The second kappa shape index (κ2) is 10.1. The van der Waals surface area contributed by atoms with Crippen molar-refractivity contribution in [2.45, 2.75) is 12.5 Å². The zero-order valence-electron chi connectivity index (χ0n) is 14.1. The minimum Gasteiger partial charge on any atom is -0.493 e. The number of halogens is 1. The first-order chi connectivity index (χ1) is 11.9. The van der Waals surface area contributed by atoms with Gasteiger partial charge in [-0.2, -0.15) is 0 Å². The molecule has 0 amide bonds. The molecule has 3 rings (SSSR count). The van der Waals surface area contributed by atoms with Crippen LogP contribution in [-0.2, 0) is 0 Å². The van der Waals surface area contributed by atoms with E-state index in [0.717, 1.165) is 23.9 Å². The molecule has 1 aliphatic heterocycles. The Morgan fingerprint density at radius 2 is 2.20 bits per heavy atom. The summed E-state index contributed by atoms with van der Waals surface area (Å²) in [6, 6.07) is 12.0. The maximum atomic E-state index is 5.69. The van der Waals surface area contributed by atoms with E-state index in [0.29, 0.717) is 19.8 Å². The molecule has 0 fully saturated rings. The van der Waals surface area contributed by atoms with E-state index in [2.05, 4.69) is 26.7 Å². The van der Waals surface area contributed by atoms with Crippen LogP contribution in [0.25, 0.3) is 0 Å². The first-order valence-electron chi connectivity index (χ1n) is 8.08. The van der Waals surface area contributed by atoms with Crippen molar-refractivity contribution in [2.75, 3.05) is 26.8 Å². The second-order valence-corrected chi connectivity index (χ2v) is 5.41. The molecule has 1 aliphatic rings. The molecule has 134 valence electrons. The number of hydrogen-bond donors (Lipinski definition) is 2. The van der Waals surface area contributed by atoms with E-state index in [9.17, 15) is 0 Å². The van der Waals surface area contributed by atoms with Crippen molar-refractivity contribution in [2.24, 2.45) is 4.99 Å². The predicted octanol–water partition coefficient (Wildman–Crippen LogP) is 2.77. The van der Waals surface area contributed by atoms with Gasteiger partial charge in [-0.1, -0.05) is 18.2 Å². The standard InChI is InChI=1S/C18H22N4O2.HI/c1-19-18(21-10-12-23-14-5-4-9-20-13-14)22-16-8-11-24-17-7-3-2-6-15(16)17;/h2-7,9,13,16H,8,10-12H2,1H3,(H2,19,21,22);1H. The van der Waals surface area contributed by atoms with E-state index in [1.807, 2.05) is 30.3 Å². The van der Waals surface area contributed by atoms with Crippen LogP contribution in [0.1, 0.15) is 18.0 Å². The van der Waals surface area contributed by atoms with Crippen LogP contribution < -0.4 is 20.1 Å². The topological polar surface area (TPSA) is 67.8 Å². The van der Waals surface area contributed by atoms with Gasteiger partial charge >= 0.3 is 0 Å². The third-order valence-corrected chi connectivity index (χ3v) is 3.79. The quantitative estimate of drug-likeness (QED) is 0.315. The van der Waals surface area contributed by atoms with E-state index in [1.54, 1.807) is 19.4 Å². The molecule has 2 heterocycles. The Morgan fingerprint density at radius 3 is 3.00 bits per heavy atom. The molecule has 0 saturated heterocycles. The molecule has 0 spiro atoms. The highest BCUT2D eigenvalue weighted by Gasteiger charge is 2.21. The van der Waals surface area contributed by atoms with E-state index in [4.69, 9.17) is 9.47 Å². The Kier molecular flexibility index (Phi) is 7.77. The number of nitrogens with zero attached hydrogens (tertiary/aromatic N) is 2. The molecule has 0 radical (unpaired) electrons. The number of benzene rings is 1. The van der Waals surface area contributed by atoms with E-state index < -0.39 is 0 Å². The summed E-state index contributed by atoms with van der Waals surface area (Å²) in [5, 5.41) is 6.72. The maximum absolute atomic E-state index is 5.69. The molecule has 1 aromatic carbocycles. The molecular weight excluding hydrogens is 431 g/mol. The zero-order valence-corrected chi connectivity index (χ0v) is 16.5. The Bertz CT molecular complexity index is 682. The van der Waals surface area contributed by atoms with Crippen LogP contribution in [0.3, 0.4) is 0 Å². The normalized spacial score (nSPS) is 16.0. The molecule has 1 atom stereocenters. The lowest BCUT2D eigenvalue weighted by molar-refractivity contribution is 0.261. The monoisotopic (exact) mass is 454 g/mol. The van der Waals surface area contributed by atoms with Crippen LogP contribution in [0.2, 0.25) is 0 Å². The average molecular weight is 454 g/mol. The summed E-state index contributed by atoms with van der Waals surface area (Å²) in [5.74, 6) is 2.46. The number of aromatic nitrogens is 1. The van der Waals surface area contributed by atoms with Crippen molar-refractivity contribution in [3.8, 4) is 11.5 Å². The number of pyridine rings is 1. The van der Waals surface area contributed by atoms with Gasteiger partial charge in [-0.15, -0.1) is 24.0 Å². The molecule has 1 aromatic heterocycles. The van der Waals surface area contributed by atoms with Gasteiger partial charge in [-0.3, -0.25) is 9.98 Å². The first kappa shape index (κ1) is 19.3. The molecule has 7 heteroatoms. The molecule has 6 nitrogen and oxygen atoms in total. The van der Waals surface area contributed by atoms with E-state index >= 15 is 0 Å². The van der Waals surface area contributed by atoms with Crippen LogP contribution in [-0.4, -0.2) is 37.7 Å². The minimum atomic E-state index is 0. The Hall–Kier alpha value is -2.03. The van der Waals surface area contributed by atoms with Crippen molar-refractivity contribution in [3.05, 3.63) is 54.4 Å². The molecule has 0 aliphatic carbocycles. The number of nitrogens with one attached hydrogen (secondary N) is 2. The minimum absolute atomic E-state index is 0. The van der Waals surface area contributed by atoms with Gasteiger partial charge in [-0.05, 0) is 18.2 Å². The first-order valence-corrected chi connectivity index (χ1v) is 8.08. The van der Waals surface area contributed by atoms with Gasteiger partial charge in [0.1, 0.15) is 18.1 Å². The average Bonchev–Trinajstić information content (AvgIpc) is 2.65. The van der Waals surface area contributed by atoms with Crippen LogP contribution in [0, 0.1) is 0 Å². The molecular formula is C18H23IN4O2. The summed E-state index contributed by atoms with van der Waals surface area (Å²) in [5.41, 5.74) is 1.17. The number of aliphatic imine (C=N–C) groups is 1. The highest BCUT2D eigenvalue weighted by atomic mass is 127. The SMILES string of the molecule is CN=C(NCCOc1cccnc1)NC1CCOc2ccccc21.I. The summed E-state index contributed by atoms with van der Waals surface area (Å²) in [7, 11) is 1.77. The van der Waals surface area contributed by atoms with Gasteiger partial charge in [-0.25, -0.2) is 0 Å². The molecule has 0 bridgehead atoms. The third-order valence-electron chi connectivity index (χ3n) is 3.79. The van der Waals surface area contributed by atoms with Gasteiger partial charge in [0.15, 0.2) is 5.96 Å². The maximum Gasteiger partial charge on any atom is 0.191 e. The number of ether oxygens (including phenoxy) is 2. The zero-order chi connectivity index (χ0) is 16.6. The van der Waals surface area contributed by atoms with E-state index in [-0.39, 0.29) is 30.0 Å². The van der Waals surface area contributed by atoms with Crippen LogP contribution in [0.5, 0.6) is 11.5 Å². The largest absolute Gasteiger partial charge is 0.493 e. The fraction of sp³-hybridized carbons (Fsp3) is 0.333.